The van der Waals surface area contributed by atoms with Gasteiger partial charge in [-0.15, -0.1) is 0 Å². The molecule has 3 rings (SSSR count). The predicted molar refractivity (Wildman–Crippen MR) is 75.6 cm³/mol. The van der Waals surface area contributed by atoms with Crippen LogP contribution in [0, 0.1) is 10.1 Å². The minimum Gasteiger partial charge on any atom is -0.339 e. The Morgan fingerprint density at radius 3 is 2.81 bits per heavy atom. The lowest BCUT2D eigenvalue weighted by Gasteiger charge is -2.25. The summed E-state index contributed by atoms with van der Waals surface area (Å²) in [4.78, 5) is 14.9. The Kier molecular flexibility index (Phi) is 3.66. The smallest absolute Gasteiger partial charge is 0.280 e. The Hall–Kier alpha value is -2.28. The molecule has 1 heterocycles. The predicted octanol–water partition coefficient (Wildman–Crippen LogP) is 2.63. The van der Waals surface area contributed by atoms with Gasteiger partial charge < -0.3 is 10.3 Å². The van der Waals surface area contributed by atoms with E-state index in [1.165, 1.54) is 6.07 Å². The molecule has 1 aromatic carbocycles. The van der Waals surface area contributed by atoms with Gasteiger partial charge in [-0.05, 0) is 18.9 Å². The van der Waals surface area contributed by atoms with Gasteiger partial charge in [-0.3, -0.25) is 10.1 Å². The first-order chi connectivity index (χ1) is 10.2. The van der Waals surface area contributed by atoms with Crippen LogP contribution in [0.2, 0.25) is 0 Å². The van der Waals surface area contributed by atoms with Crippen molar-refractivity contribution in [2.75, 3.05) is 0 Å². The Morgan fingerprint density at radius 1 is 1.29 bits per heavy atom. The molecule has 0 spiro atoms. The zero-order valence-corrected chi connectivity index (χ0v) is 11.4. The van der Waals surface area contributed by atoms with Gasteiger partial charge in [-0.1, -0.05) is 30.1 Å². The van der Waals surface area contributed by atoms with E-state index >= 15 is 0 Å². The monoisotopic (exact) mass is 288 g/mol. The topological polar surface area (TPSA) is 108 Å². The van der Waals surface area contributed by atoms with Crippen molar-refractivity contribution in [2.24, 2.45) is 5.73 Å². The van der Waals surface area contributed by atoms with Gasteiger partial charge in [-0.2, -0.15) is 4.98 Å². The summed E-state index contributed by atoms with van der Waals surface area (Å²) in [6.07, 6.45) is 4.05. The summed E-state index contributed by atoms with van der Waals surface area (Å²) in [6, 6.07) is 6.38. The van der Waals surface area contributed by atoms with E-state index in [-0.39, 0.29) is 23.5 Å². The molecule has 7 heteroatoms. The maximum Gasteiger partial charge on any atom is 0.280 e. The van der Waals surface area contributed by atoms with Crippen LogP contribution >= 0.6 is 0 Å². The van der Waals surface area contributed by atoms with Crippen LogP contribution in [0.15, 0.2) is 28.8 Å². The van der Waals surface area contributed by atoms with Crippen LogP contribution in [0.3, 0.4) is 0 Å². The second-order valence-corrected chi connectivity index (χ2v) is 5.29. The fourth-order valence-electron chi connectivity index (χ4n) is 2.78. The third kappa shape index (κ3) is 2.64. The van der Waals surface area contributed by atoms with E-state index in [2.05, 4.69) is 10.1 Å². The summed E-state index contributed by atoms with van der Waals surface area (Å²) < 4.78 is 5.30. The minimum atomic E-state index is -0.447. The number of para-hydroxylation sites is 1. The molecule has 1 fully saturated rings. The highest BCUT2D eigenvalue weighted by atomic mass is 16.6. The molecule has 0 amide bonds. The molecule has 21 heavy (non-hydrogen) atoms. The highest BCUT2D eigenvalue weighted by Gasteiger charge is 2.29. The Morgan fingerprint density at radius 2 is 2.05 bits per heavy atom. The number of aromatic nitrogens is 2. The number of nitro groups is 1. The van der Waals surface area contributed by atoms with Crippen LogP contribution in [0.1, 0.15) is 37.5 Å². The van der Waals surface area contributed by atoms with Crippen LogP contribution in [0.25, 0.3) is 11.4 Å². The molecular weight excluding hydrogens is 272 g/mol. The van der Waals surface area contributed by atoms with Crippen molar-refractivity contribution >= 4 is 5.69 Å². The van der Waals surface area contributed by atoms with Gasteiger partial charge in [0.2, 0.25) is 11.7 Å². The van der Waals surface area contributed by atoms with Gasteiger partial charge in [0.25, 0.3) is 5.69 Å². The number of nitrogens with zero attached hydrogens (tertiary/aromatic N) is 3. The van der Waals surface area contributed by atoms with Crippen LogP contribution in [-0.2, 0) is 0 Å². The maximum atomic E-state index is 11.1. The van der Waals surface area contributed by atoms with Crippen LogP contribution in [0.4, 0.5) is 5.69 Å². The van der Waals surface area contributed by atoms with Gasteiger partial charge in [-0.25, -0.2) is 0 Å². The lowest BCUT2D eigenvalue weighted by atomic mass is 9.85. The summed E-state index contributed by atoms with van der Waals surface area (Å²) in [5.41, 5.74) is 6.43. The van der Waals surface area contributed by atoms with Crippen LogP contribution < -0.4 is 5.73 Å². The number of rotatable bonds is 3. The highest BCUT2D eigenvalue weighted by Crippen LogP contribution is 2.33. The van der Waals surface area contributed by atoms with Crippen molar-refractivity contribution in [1.29, 1.82) is 0 Å². The van der Waals surface area contributed by atoms with Gasteiger partial charge in [0.05, 0.1) is 10.8 Å². The molecule has 1 saturated carbocycles. The Balaban J connectivity index is 1.93. The largest absolute Gasteiger partial charge is 0.339 e. The van der Waals surface area contributed by atoms with Crippen molar-refractivity contribution < 1.29 is 9.45 Å². The van der Waals surface area contributed by atoms with Crippen molar-refractivity contribution in [2.45, 2.75) is 37.6 Å². The van der Waals surface area contributed by atoms with Crippen LogP contribution in [-0.4, -0.2) is 21.1 Å². The summed E-state index contributed by atoms with van der Waals surface area (Å²) in [5.74, 6) is 0.771. The van der Waals surface area contributed by atoms with E-state index in [1.54, 1.807) is 18.2 Å². The molecule has 2 atom stereocenters. The fraction of sp³-hybridized carbons (Fsp3) is 0.429. The third-order valence-corrected chi connectivity index (χ3v) is 3.92. The zero-order valence-electron chi connectivity index (χ0n) is 11.4. The third-order valence-electron chi connectivity index (χ3n) is 3.92. The van der Waals surface area contributed by atoms with Crippen molar-refractivity contribution in [3.63, 3.8) is 0 Å². The quantitative estimate of drug-likeness (QED) is 0.687. The molecule has 1 aromatic heterocycles. The standard InChI is InChI=1S/C14H16N4O3/c15-11-7-3-1-5-9(11)14-16-13(17-21-14)10-6-2-4-8-12(10)18(19)20/h2,4,6,8-9,11H,1,3,5,7,15H2. The first kappa shape index (κ1) is 13.7. The van der Waals surface area contributed by atoms with E-state index in [1.807, 2.05) is 0 Å². The summed E-state index contributed by atoms with van der Waals surface area (Å²) in [5, 5.41) is 14.9. The summed E-state index contributed by atoms with van der Waals surface area (Å²) in [7, 11) is 0. The second kappa shape index (κ2) is 5.61. The molecule has 110 valence electrons. The average molecular weight is 288 g/mol. The first-order valence-corrected chi connectivity index (χ1v) is 7.00. The van der Waals surface area contributed by atoms with Gasteiger partial charge in [0, 0.05) is 12.1 Å². The van der Waals surface area contributed by atoms with Gasteiger partial charge in [0.15, 0.2) is 0 Å². The van der Waals surface area contributed by atoms with Gasteiger partial charge in [0.1, 0.15) is 5.56 Å². The first-order valence-electron chi connectivity index (χ1n) is 7.00. The molecule has 0 bridgehead atoms. The molecule has 1 aliphatic carbocycles. The van der Waals surface area contributed by atoms with Gasteiger partial charge >= 0.3 is 0 Å². The normalized spacial score (nSPS) is 22.1. The molecule has 2 unspecified atom stereocenters. The number of hydrogen-bond donors (Lipinski definition) is 1. The second-order valence-electron chi connectivity index (χ2n) is 5.29. The van der Waals surface area contributed by atoms with Crippen molar-refractivity contribution in [3.05, 3.63) is 40.3 Å². The molecular formula is C14H16N4O3. The number of hydrogen-bond acceptors (Lipinski definition) is 6. The highest BCUT2D eigenvalue weighted by molar-refractivity contribution is 5.67. The average Bonchev–Trinajstić information content (AvgIpc) is 2.97. The van der Waals surface area contributed by atoms with Crippen molar-refractivity contribution in [3.8, 4) is 11.4 Å². The SMILES string of the molecule is NC1CCCCC1c1nc(-c2ccccc2[N+](=O)[O-])no1. The van der Waals surface area contributed by atoms with E-state index in [9.17, 15) is 10.1 Å². The lowest BCUT2D eigenvalue weighted by Crippen LogP contribution is -2.31. The zero-order chi connectivity index (χ0) is 14.8. The van der Waals surface area contributed by atoms with Crippen molar-refractivity contribution in [1.82, 2.24) is 10.1 Å². The Bertz CT molecular complexity index is 655. The molecule has 7 nitrogen and oxygen atoms in total. The van der Waals surface area contributed by atoms with E-state index in [0.29, 0.717) is 11.5 Å². The summed E-state index contributed by atoms with van der Waals surface area (Å²) >= 11 is 0. The number of nitrogens with two attached hydrogens (primary N) is 1. The van der Waals surface area contributed by atoms with E-state index in [0.717, 1.165) is 25.7 Å². The molecule has 2 aromatic rings. The maximum absolute atomic E-state index is 11.1. The van der Waals surface area contributed by atoms with E-state index in [4.69, 9.17) is 10.3 Å². The van der Waals surface area contributed by atoms with Crippen LogP contribution in [0.5, 0.6) is 0 Å². The molecule has 2 N–H and O–H groups in total. The molecule has 1 aliphatic rings. The lowest BCUT2D eigenvalue weighted by molar-refractivity contribution is -0.384. The summed E-state index contributed by atoms with van der Waals surface area (Å²) in [6.45, 7) is 0. The molecule has 0 saturated heterocycles. The molecule has 0 aliphatic heterocycles. The fourth-order valence-corrected chi connectivity index (χ4v) is 2.78. The Labute approximate surface area is 121 Å². The number of benzene rings is 1. The number of nitro benzene ring substituents is 1. The molecule has 0 radical (unpaired) electrons. The minimum absolute atomic E-state index is 0.0119. The van der Waals surface area contributed by atoms with E-state index < -0.39 is 4.92 Å².